The second-order valence-corrected chi connectivity index (χ2v) is 4.27. The summed E-state index contributed by atoms with van der Waals surface area (Å²) in [5.74, 6) is -1.09. The molecule has 2 aromatic carbocycles. The molecule has 0 saturated heterocycles. The van der Waals surface area contributed by atoms with Crippen LogP contribution in [-0.4, -0.2) is 11.8 Å². The zero-order chi connectivity index (χ0) is 14.5. The van der Waals surface area contributed by atoms with Gasteiger partial charge < -0.3 is 11.5 Å². The Bertz CT molecular complexity index is 676. The van der Waals surface area contributed by atoms with Crippen LogP contribution < -0.4 is 11.5 Å². The first-order chi connectivity index (χ1) is 9.58. The Morgan fingerprint density at radius 3 is 2.15 bits per heavy atom. The quantitative estimate of drug-likeness (QED) is 0.830. The third-order valence-corrected chi connectivity index (χ3v) is 2.86. The fourth-order valence-electron chi connectivity index (χ4n) is 1.83. The average molecular weight is 266 g/mol. The topological polar surface area (TPSA) is 86.2 Å². The normalized spacial score (nSPS) is 10.6. The van der Waals surface area contributed by atoms with Crippen molar-refractivity contribution >= 4 is 24.0 Å². The summed E-state index contributed by atoms with van der Waals surface area (Å²) in [5.41, 5.74) is 12.8. The van der Waals surface area contributed by atoms with Crippen LogP contribution in [0.5, 0.6) is 0 Å². The molecule has 2 amide bonds. The number of carbonyl (C=O) groups excluding carboxylic acids is 2. The van der Waals surface area contributed by atoms with Gasteiger partial charge in [0.15, 0.2) is 0 Å². The van der Waals surface area contributed by atoms with E-state index in [9.17, 15) is 9.59 Å². The molecule has 0 spiro atoms. The fourth-order valence-corrected chi connectivity index (χ4v) is 1.83. The number of hydrogen-bond acceptors (Lipinski definition) is 2. The van der Waals surface area contributed by atoms with Gasteiger partial charge in [-0.3, -0.25) is 9.59 Å². The van der Waals surface area contributed by atoms with E-state index < -0.39 is 11.8 Å². The first kappa shape index (κ1) is 13.5. The average Bonchev–Trinajstić information content (AvgIpc) is 2.45. The van der Waals surface area contributed by atoms with Crippen LogP contribution in [0.25, 0.3) is 12.2 Å². The van der Waals surface area contributed by atoms with E-state index in [1.807, 2.05) is 36.4 Å². The van der Waals surface area contributed by atoms with Crippen molar-refractivity contribution in [2.45, 2.75) is 0 Å². The number of carbonyl (C=O) groups is 2. The number of nitrogens with two attached hydrogens (primary N) is 2. The zero-order valence-electron chi connectivity index (χ0n) is 10.7. The fraction of sp³-hybridized carbons (Fsp3) is 0. The highest BCUT2D eigenvalue weighted by Crippen LogP contribution is 2.15. The molecule has 4 N–H and O–H groups in total. The van der Waals surface area contributed by atoms with E-state index in [0.717, 1.165) is 5.56 Å². The van der Waals surface area contributed by atoms with Crippen LogP contribution in [0.3, 0.4) is 0 Å². The molecule has 0 radical (unpaired) electrons. The molecule has 0 saturated carbocycles. The maximum absolute atomic E-state index is 11.4. The highest BCUT2D eigenvalue weighted by Gasteiger charge is 2.09. The van der Waals surface area contributed by atoms with Gasteiger partial charge in [-0.1, -0.05) is 42.5 Å². The molecule has 2 aromatic rings. The Kier molecular flexibility index (Phi) is 3.96. The lowest BCUT2D eigenvalue weighted by Crippen LogP contribution is -2.15. The number of rotatable bonds is 4. The summed E-state index contributed by atoms with van der Waals surface area (Å²) in [5, 5.41) is 0. The Balaban J connectivity index is 2.43. The molecule has 0 heterocycles. The standard InChI is InChI=1S/C16H14N2O2/c17-15(19)13-8-9-14(16(18)20)12(10-13)7-6-11-4-2-1-3-5-11/h1-10H,(H2,17,19)(H2,18,20). The number of hydrogen-bond donors (Lipinski definition) is 2. The van der Waals surface area contributed by atoms with E-state index in [0.29, 0.717) is 16.7 Å². The molecule has 2 rings (SSSR count). The van der Waals surface area contributed by atoms with E-state index >= 15 is 0 Å². The molecule has 0 atom stereocenters. The molecule has 4 heteroatoms. The van der Waals surface area contributed by atoms with Crippen LogP contribution in [0.1, 0.15) is 31.8 Å². The van der Waals surface area contributed by atoms with E-state index in [1.165, 1.54) is 12.1 Å². The van der Waals surface area contributed by atoms with Gasteiger partial charge in [-0.15, -0.1) is 0 Å². The molecule has 0 aliphatic carbocycles. The van der Waals surface area contributed by atoms with Gasteiger partial charge in [0.1, 0.15) is 0 Å². The third kappa shape index (κ3) is 3.11. The maximum Gasteiger partial charge on any atom is 0.249 e. The minimum absolute atomic E-state index is 0.336. The van der Waals surface area contributed by atoms with Gasteiger partial charge in [-0.2, -0.15) is 0 Å². The van der Waals surface area contributed by atoms with Gasteiger partial charge in [-0.05, 0) is 29.3 Å². The lowest BCUT2D eigenvalue weighted by molar-refractivity contribution is 0.0988. The molecule has 0 aliphatic rings. The molecule has 0 bridgehead atoms. The third-order valence-electron chi connectivity index (χ3n) is 2.86. The molecular weight excluding hydrogens is 252 g/mol. The monoisotopic (exact) mass is 266 g/mol. The Morgan fingerprint density at radius 2 is 1.55 bits per heavy atom. The van der Waals surface area contributed by atoms with Crippen molar-refractivity contribution in [3.05, 3.63) is 70.8 Å². The van der Waals surface area contributed by atoms with Crippen LogP contribution in [0.15, 0.2) is 48.5 Å². The van der Waals surface area contributed by atoms with Crippen LogP contribution in [-0.2, 0) is 0 Å². The minimum Gasteiger partial charge on any atom is -0.366 e. The van der Waals surface area contributed by atoms with E-state index in [2.05, 4.69) is 0 Å². The van der Waals surface area contributed by atoms with Gasteiger partial charge >= 0.3 is 0 Å². The Hall–Kier alpha value is -2.88. The Morgan fingerprint density at radius 1 is 0.850 bits per heavy atom. The molecule has 0 unspecified atom stereocenters. The van der Waals surface area contributed by atoms with Crippen molar-refractivity contribution in [1.29, 1.82) is 0 Å². The van der Waals surface area contributed by atoms with Crippen molar-refractivity contribution in [2.24, 2.45) is 11.5 Å². The van der Waals surface area contributed by atoms with Gasteiger partial charge in [0, 0.05) is 11.1 Å². The second-order valence-electron chi connectivity index (χ2n) is 4.27. The van der Waals surface area contributed by atoms with Gasteiger partial charge in [-0.25, -0.2) is 0 Å². The molecule has 20 heavy (non-hydrogen) atoms. The largest absolute Gasteiger partial charge is 0.366 e. The van der Waals surface area contributed by atoms with Gasteiger partial charge in [0.25, 0.3) is 0 Å². The van der Waals surface area contributed by atoms with E-state index in [4.69, 9.17) is 11.5 Å². The van der Waals surface area contributed by atoms with Gasteiger partial charge in [0.05, 0.1) is 0 Å². The highest BCUT2D eigenvalue weighted by atomic mass is 16.1. The summed E-state index contributed by atoms with van der Waals surface area (Å²) in [7, 11) is 0. The first-order valence-electron chi connectivity index (χ1n) is 6.04. The van der Waals surface area contributed by atoms with Crippen molar-refractivity contribution in [2.75, 3.05) is 0 Å². The SMILES string of the molecule is NC(=O)c1ccc(C(N)=O)c(C=Cc2ccccc2)c1. The molecule has 0 aromatic heterocycles. The molecule has 0 aliphatic heterocycles. The smallest absolute Gasteiger partial charge is 0.249 e. The van der Waals surface area contributed by atoms with Crippen LogP contribution >= 0.6 is 0 Å². The summed E-state index contributed by atoms with van der Waals surface area (Å²) < 4.78 is 0. The lowest BCUT2D eigenvalue weighted by Gasteiger charge is -2.04. The van der Waals surface area contributed by atoms with Crippen molar-refractivity contribution < 1.29 is 9.59 Å². The summed E-state index contributed by atoms with van der Waals surface area (Å²) >= 11 is 0. The van der Waals surface area contributed by atoms with E-state index in [-0.39, 0.29) is 0 Å². The summed E-state index contributed by atoms with van der Waals surface area (Å²) in [4.78, 5) is 22.6. The maximum atomic E-state index is 11.4. The first-order valence-corrected chi connectivity index (χ1v) is 6.04. The van der Waals surface area contributed by atoms with Crippen molar-refractivity contribution in [1.82, 2.24) is 0 Å². The predicted octanol–water partition coefficient (Wildman–Crippen LogP) is 2.05. The van der Waals surface area contributed by atoms with Crippen LogP contribution in [0, 0.1) is 0 Å². The zero-order valence-corrected chi connectivity index (χ0v) is 10.7. The summed E-state index contributed by atoms with van der Waals surface area (Å²) in [6.07, 6.45) is 3.58. The molecule has 0 fully saturated rings. The molecular formula is C16H14N2O2. The Labute approximate surface area is 116 Å². The summed E-state index contributed by atoms with van der Waals surface area (Å²) in [6.45, 7) is 0. The molecule has 100 valence electrons. The molecule has 4 nitrogen and oxygen atoms in total. The van der Waals surface area contributed by atoms with Crippen LogP contribution in [0.2, 0.25) is 0 Å². The predicted molar refractivity (Wildman–Crippen MR) is 78.8 cm³/mol. The van der Waals surface area contributed by atoms with Crippen molar-refractivity contribution in [3.8, 4) is 0 Å². The highest BCUT2D eigenvalue weighted by molar-refractivity contribution is 6.00. The number of amides is 2. The number of benzene rings is 2. The number of primary amides is 2. The summed E-state index contributed by atoms with van der Waals surface area (Å²) in [6, 6.07) is 14.1. The van der Waals surface area contributed by atoms with Crippen LogP contribution in [0.4, 0.5) is 0 Å². The minimum atomic E-state index is -0.547. The van der Waals surface area contributed by atoms with E-state index in [1.54, 1.807) is 12.1 Å². The lowest BCUT2D eigenvalue weighted by atomic mass is 10.0. The van der Waals surface area contributed by atoms with Crippen molar-refractivity contribution in [3.63, 3.8) is 0 Å². The van der Waals surface area contributed by atoms with Gasteiger partial charge in [0.2, 0.25) is 11.8 Å². The second kappa shape index (κ2) is 5.84.